The Kier molecular flexibility index (Phi) is 2.10. The Morgan fingerprint density at radius 2 is 2.00 bits per heavy atom. The van der Waals surface area contributed by atoms with Gasteiger partial charge in [-0.25, -0.2) is 0 Å². The zero-order valence-corrected chi connectivity index (χ0v) is 10.6. The lowest BCUT2D eigenvalue weighted by Crippen LogP contribution is -2.16. The molecule has 0 saturated heterocycles. The molecule has 0 heterocycles. The lowest BCUT2D eigenvalue weighted by atomic mass is 9.82. The third-order valence-electron chi connectivity index (χ3n) is 4.02. The van der Waals surface area contributed by atoms with Crippen LogP contribution in [-0.4, -0.2) is 0 Å². The molecule has 0 aromatic heterocycles. The zero-order valence-electron chi connectivity index (χ0n) is 9.02. The van der Waals surface area contributed by atoms with Crippen molar-refractivity contribution >= 4 is 21.6 Å². The molecule has 2 aliphatic carbocycles. The van der Waals surface area contributed by atoms with Crippen molar-refractivity contribution in [1.82, 2.24) is 0 Å². The minimum Gasteiger partial charge on any atom is -0.398 e. The molecule has 1 saturated carbocycles. The third-order valence-corrected chi connectivity index (χ3v) is 4.72. The maximum absolute atomic E-state index is 6.25. The number of fused-ring (bicyclic) bond motifs is 1. The standard InChI is InChI=1S/C13H16BrN/c1-7(8-2-3-8)11-6-12(14)9-4-5-10(9)13(11)15/h6-8H,2-5,15H2,1H3/t7-/m0/s1. The van der Waals surface area contributed by atoms with Crippen molar-refractivity contribution in [2.75, 3.05) is 5.73 Å². The van der Waals surface area contributed by atoms with Crippen LogP contribution >= 0.6 is 15.9 Å². The highest BCUT2D eigenvalue weighted by Gasteiger charge is 2.32. The number of anilines is 1. The monoisotopic (exact) mass is 265 g/mol. The van der Waals surface area contributed by atoms with E-state index in [2.05, 4.69) is 28.9 Å². The van der Waals surface area contributed by atoms with Crippen LogP contribution in [0.5, 0.6) is 0 Å². The normalized spacial score (nSPS) is 20.7. The Bertz CT molecular complexity index is 421. The minimum atomic E-state index is 0.646. The van der Waals surface area contributed by atoms with Crippen LogP contribution in [0, 0.1) is 5.92 Å². The largest absolute Gasteiger partial charge is 0.398 e. The van der Waals surface area contributed by atoms with Crippen molar-refractivity contribution in [3.8, 4) is 0 Å². The van der Waals surface area contributed by atoms with Gasteiger partial charge in [-0.05, 0) is 60.3 Å². The summed E-state index contributed by atoms with van der Waals surface area (Å²) in [4.78, 5) is 0. The Balaban J connectivity index is 2.07. The smallest absolute Gasteiger partial charge is 0.0385 e. The second kappa shape index (κ2) is 3.24. The summed E-state index contributed by atoms with van der Waals surface area (Å²) in [5.41, 5.74) is 11.6. The Morgan fingerprint density at radius 1 is 1.33 bits per heavy atom. The molecule has 1 nitrogen and oxygen atoms in total. The molecule has 2 heteroatoms. The van der Waals surface area contributed by atoms with Gasteiger partial charge >= 0.3 is 0 Å². The summed E-state index contributed by atoms with van der Waals surface area (Å²) in [6.45, 7) is 2.32. The van der Waals surface area contributed by atoms with Gasteiger partial charge in [0.2, 0.25) is 0 Å². The number of nitrogens with two attached hydrogens (primary N) is 1. The quantitative estimate of drug-likeness (QED) is 0.812. The number of hydrogen-bond donors (Lipinski definition) is 1. The van der Waals surface area contributed by atoms with E-state index in [0.29, 0.717) is 5.92 Å². The average molecular weight is 266 g/mol. The van der Waals surface area contributed by atoms with E-state index >= 15 is 0 Å². The number of hydrogen-bond acceptors (Lipinski definition) is 1. The molecule has 0 bridgehead atoms. The van der Waals surface area contributed by atoms with Crippen LogP contribution in [0.4, 0.5) is 5.69 Å². The molecule has 0 unspecified atom stereocenters. The van der Waals surface area contributed by atoms with Crippen molar-refractivity contribution in [2.24, 2.45) is 5.92 Å². The minimum absolute atomic E-state index is 0.646. The fourth-order valence-corrected chi connectivity index (χ4v) is 3.32. The van der Waals surface area contributed by atoms with Crippen molar-refractivity contribution in [3.63, 3.8) is 0 Å². The van der Waals surface area contributed by atoms with E-state index in [9.17, 15) is 0 Å². The first-order valence-corrected chi connectivity index (χ1v) is 6.57. The molecule has 0 radical (unpaired) electrons. The van der Waals surface area contributed by atoms with Crippen LogP contribution in [0.2, 0.25) is 0 Å². The van der Waals surface area contributed by atoms with Crippen LogP contribution in [0.25, 0.3) is 0 Å². The van der Waals surface area contributed by atoms with Crippen LogP contribution < -0.4 is 5.73 Å². The number of nitrogen functional groups attached to an aromatic ring is 1. The highest BCUT2D eigenvalue weighted by Crippen LogP contribution is 2.47. The van der Waals surface area contributed by atoms with Gasteiger partial charge in [-0.15, -0.1) is 0 Å². The first-order valence-electron chi connectivity index (χ1n) is 5.78. The van der Waals surface area contributed by atoms with Crippen LogP contribution in [-0.2, 0) is 12.8 Å². The van der Waals surface area contributed by atoms with Crippen molar-refractivity contribution in [2.45, 2.75) is 38.5 Å². The molecular formula is C13H16BrN. The molecule has 2 N–H and O–H groups in total. The summed E-state index contributed by atoms with van der Waals surface area (Å²) >= 11 is 3.66. The predicted molar refractivity (Wildman–Crippen MR) is 67.1 cm³/mol. The molecule has 1 atom stereocenters. The van der Waals surface area contributed by atoms with Crippen molar-refractivity contribution in [1.29, 1.82) is 0 Å². The lowest BCUT2D eigenvalue weighted by Gasteiger charge is -2.27. The van der Waals surface area contributed by atoms with E-state index in [-0.39, 0.29) is 0 Å². The topological polar surface area (TPSA) is 26.0 Å². The second-order valence-corrected chi connectivity index (χ2v) is 5.80. The fraction of sp³-hybridized carbons (Fsp3) is 0.538. The highest BCUT2D eigenvalue weighted by atomic mass is 79.9. The van der Waals surface area contributed by atoms with E-state index in [4.69, 9.17) is 5.73 Å². The van der Waals surface area contributed by atoms with Crippen molar-refractivity contribution < 1.29 is 0 Å². The first kappa shape index (κ1) is 9.71. The van der Waals surface area contributed by atoms with Crippen molar-refractivity contribution in [3.05, 3.63) is 27.2 Å². The molecule has 0 spiro atoms. The summed E-state index contributed by atoms with van der Waals surface area (Å²) in [6, 6.07) is 2.26. The number of benzene rings is 1. The first-order chi connectivity index (χ1) is 7.18. The fourth-order valence-electron chi connectivity index (χ4n) is 2.64. The van der Waals surface area contributed by atoms with Gasteiger partial charge < -0.3 is 5.73 Å². The van der Waals surface area contributed by atoms with Gasteiger partial charge in [0.25, 0.3) is 0 Å². The molecule has 15 heavy (non-hydrogen) atoms. The predicted octanol–water partition coefficient (Wildman–Crippen LogP) is 3.64. The summed E-state index contributed by atoms with van der Waals surface area (Å²) in [5.74, 6) is 1.53. The molecule has 1 fully saturated rings. The Hall–Kier alpha value is -0.500. The zero-order chi connectivity index (χ0) is 10.6. The average Bonchev–Trinajstić information content (AvgIpc) is 2.92. The summed E-state index contributed by atoms with van der Waals surface area (Å²) in [7, 11) is 0. The van der Waals surface area contributed by atoms with Gasteiger partial charge in [0.15, 0.2) is 0 Å². The van der Waals surface area contributed by atoms with Gasteiger partial charge in [0, 0.05) is 10.2 Å². The van der Waals surface area contributed by atoms with E-state index < -0.39 is 0 Å². The summed E-state index contributed by atoms with van der Waals surface area (Å²) in [6.07, 6.45) is 5.13. The number of rotatable bonds is 2. The Labute approximate surface area is 99.2 Å². The van der Waals surface area contributed by atoms with E-state index in [1.165, 1.54) is 46.8 Å². The van der Waals surface area contributed by atoms with Gasteiger partial charge in [0.05, 0.1) is 0 Å². The molecular weight excluding hydrogens is 250 g/mol. The lowest BCUT2D eigenvalue weighted by molar-refractivity contribution is 0.661. The molecule has 1 aromatic carbocycles. The Morgan fingerprint density at radius 3 is 2.53 bits per heavy atom. The summed E-state index contributed by atoms with van der Waals surface area (Å²) < 4.78 is 1.28. The van der Waals surface area contributed by atoms with E-state index in [0.717, 1.165) is 11.6 Å². The van der Waals surface area contributed by atoms with Crippen LogP contribution in [0.3, 0.4) is 0 Å². The van der Waals surface area contributed by atoms with E-state index in [1.54, 1.807) is 0 Å². The summed E-state index contributed by atoms with van der Waals surface area (Å²) in [5, 5.41) is 0. The number of halogens is 1. The highest BCUT2D eigenvalue weighted by molar-refractivity contribution is 9.10. The van der Waals surface area contributed by atoms with Gasteiger partial charge in [0.1, 0.15) is 0 Å². The van der Waals surface area contributed by atoms with Gasteiger partial charge in [-0.1, -0.05) is 22.9 Å². The molecule has 0 aliphatic heterocycles. The molecule has 3 rings (SSSR count). The SMILES string of the molecule is C[C@H](c1cc(Br)c2c(c1N)CC2)C1CC1. The van der Waals surface area contributed by atoms with Gasteiger partial charge in [-0.2, -0.15) is 0 Å². The van der Waals surface area contributed by atoms with E-state index in [1.807, 2.05) is 0 Å². The molecule has 80 valence electrons. The maximum atomic E-state index is 6.25. The molecule has 2 aliphatic rings. The van der Waals surface area contributed by atoms with Crippen LogP contribution in [0.15, 0.2) is 10.5 Å². The van der Waals surface area contributed by atoms with Crippen LogP contribution in [0.1, 0.15) is 42.4 Å². The third kappa shape index (κ3) is 1.42. The molecule has 1 aromatic rings. The second-order valence-electron chi connectivity index (χ2n) is 4.94. The molecule has 0 amide bonds. The maximum Gasteiger partial charge on any atom is 0.0385 e. The van der Waals surface area contributed by atoms with Gasteiger partial charge in [-0.3, -0.25) is 0 Å².